The number of alkyl halides is 3. The van der Waals surface area contributed by atoms with Crippen LogP contribution in [0.15, 0.2) is 24.3 Å². The molecule has 0 aromatic heterocycles. The van der Waals surface area contributed by atoms with Crippen molar-refractivity contribution < 1.29 is 18.3 Å². The fourth-order valence-electron chi connectivity index (χ4n) is 2.64. The van der Waals surface area contributed by atoms with Crippen LogP contribution in [0.4, 0.5) is 8.78 Å². The second-order valence-corrected chi connectivity index (χ2v) is 5.75. The fraction of sp³-hybridized carbons (Fsp3) is 0.533. The van der Waals surface area contributed by atoms with Crippen molar-refractivity contribution in [2.24, 2.45) is 0 Å². The maximum Gasteiger partial charge on any atom is 0.387 e. The molecule has 1 saturated carbocycles. The van der Waals surface area contributed by atoms with Gasteiger partial charge in [-0.2, -0.15) is 8.78 Å². The van der Waals surface area contributed by atoms with Gasteiger partial charge in [0.25, 0.3) is 5.91 Å². The topological polar surface area (TPSA) is 29.5 Å². The monoisotopic (exact) mass is 317 g/mol. The quantitative estimate of drug-likeness (QED) is 0.788. The van der Waals surface area contributed by atoms with Crippen molar-refractivity contribution in [2.45, 2.75) is 43.7 Å². The van der Waals surface area contributed by atoms with Gasteiger partial charge in [-0.1, -0.05) is 12.8 Å². The largest absolute Gasteiger partial charge is 0.435 e. The summed E-state index contributed by atoms with van der Waals surface area (Å²) < 4.78 is 28.4. The van der Waals surface area contributed by atoms with E-state index < -0.39 is 6.61 Å². The third-order valence-electron chi connectivity index (χ3n) is 3.79. The van der Waals surface area contributed by atoms with Crippen LogP contribution in [0.3, 0.4) is 0 Å². The molecule has 0 N–H and O–H groups in total. The summed E-state index contributed by atoms with van der Waals surface area (Å²) in [5.74, 6) is -0.117. The van der Waals surface area contributed by atoms with E-state index in [0.29, 0.717) is 5.56 Å². The molecule has 0 heterocycles. The van der Waals surface area contributed by atoms with E-state index in [1.54, 1.807) is 11.9 Å². The van der Waals surface area contributed by atoms with Gasteiger partial charge in [-0.25, -0.2) is 0 Å². The average molecular weight is 318 g/mol. The summed E-state index contributed by atoms with van der Waals surface area (Å²) in [5.41, 5.74) is 0.438. The summed E-state index contributed by atoms with van der Waals surface area (Å²) in [4.78, 5) is 14.1. The Kier molecular flexibility index (Phi) is 5.39. The Morgan fingerprint density at radius 1 is 1.29 bits per heavy atom. The van der Waals surface area contributed by atoms with Gasteiger partial charge >= 0.3 is 6.61 Å². The Labute approximate surface area is 127 Å². The standard InChI is InChI=1S/C15H18ClF2NO2/c1-19(13-5-3-2-4-12(13)16)14(20)10-6-8-11(9-7-10)21-15(17)18/h6-9,12-13,15H,2-5H2,1H3. The first kappa shape index (κ1) is 16.0. The van der Waals surface area contributed by atoms with Crippen LogP contribution in [0.5, 0.6) is 5.75 Å². The molecule has 1 aromatic carbocycles. The summed E-state index contributed by atoms with van der Waals surface area (Å²) in [5, 5.41) is -0.0332. The second-order valence-electron chi connectivity index (χ2n) is 5.19. The highest BCUT2D eigenvalue weighted by Gasteiger charge is 2.29. The Morgan fingerprint density at radius 2 is 1.90 bits per heavy atom. The van der Waals surface area contributed by atoms with E-state index in [9.17, 15) is 13.6 Å². The number of carbonyl (C=O) groups excluding carboxylic acids is 1. The number of hydrogen-bond donors (Lipinski definition) is 0. The Hall–Kier alpha value is -1.36. The minimum Gasteiger partial charge on any atom is -0.435 e. The highest BCUT2D eigenvalue weighted by molar-refractivity contribution is 6.21. The number of carbonyl (C=O) groups is 1. The maximum atomic E-state index is 12.4. The lowest BCUT2D eigenvalue weighted by Crippen LogP contribution is -2.44. The SMILES string of the molecule is CN(C(=O)c1ccc(OC(F)F)cc1)C1CCCCC1Cl. The Balaban J connectivity index is 2.04. The molecule has 1 fully saturated rings. The molecule has 2 unspecified atom stereocenters. The zero-order valence-corrected chi connectivity index (χ0v) is 12.5. The van der Waals surface area contributed by atoms with Gasteiger partial charge in [0.05, 0.1) is 5.38 Å². The molecule has 1 aliphatic carbocycles. The fourth-order valence-corrected chi connectivity index (χ4v) is 3.08. The average Bonchev–Trinajstić information content (AvgIpc) is 2.46. The number of benzene rings is 1. The summed E-state index contributed by atoms with van der Waals surface area (Å²) in [6, 6.07) is 5.73. The molecule has 21 heavy (non-hydrogen) atoms. The molecule has 0 spiro atoms. The molecule has 1 aliphatic rings. The molecular weight excluding hydrogens is 300 g/mol. The molecule has 1 aromatic rings. The van der Waals surface area contributed by atoms with Crippen LogP contribution in [0.2, 0.25) is 0 Å². The minimum atomic E-state index is -2.87. The van der Waals surface area contributed by atoms with Crippen molar-refractivity contribution in [1.29, 1.82) is 0 Å². The molecule has 116 valence electrons. The smallest absolute Gasteiger partial charge is 0.387 e. The zero-order chi connectivity index (χ0) is 15.4. The molecule has 0 saturated heterocycles. The van der Waals surface area contributed by atoms with Crippen LogP contribution in [0.1, 0.15) is 36.0 Å². The van der Waals surface area contributed by atoms with Crippen molar-refractivity contribution in [2.75, 3.05) is 7.05 Å². The van der Waals surface area contributed by atoms with Crippen molar-refractivity contribution in [3.8, 4) is 5.75 Å². The molecule has 2 rings (SSSR count). The van der Waals surface area contributed by atoms with Gasteiger partial charge in [0.2, 0.25) is 0 Å². The molecule has 2 atom stereocenters. The van der Waals surface area contributed by atoms with Gasteiger partial charge in [0, 0.05) is 18.7 Å². The van der Waals surface area contributed by atoms with E-state index in [1.165, 1.54) is 24.3 Å². The molecule has 0 aliphatic heterocycles. The Morgan fingerprint density at radius 3 is 2.48 bits per heavy atom. The number of halogens is 3. The second kappa shape index (κ2) is 7.07. The third-order valence-corrected chi connectivity index (χ3v) is 4.30. The van der Waals surface area contributed by atoms with Gasteiger partial charge in [0.1, 0.15) is 5.75 Å². The number of amides is 1. The van der Waals surface area contributed by atoms with Crippen LogP contribution in [0, 0.1) is 0 Å². The minimum absolute atomic E-state index is 0.0184. The van der Waals surface area contributed by atoms with Crippen LogP contribution in [-0.2, 0) is 0 Å². The molecule has 6 heteroatoms. The normalized spacial score (nSPS) is 22.1. The third kappa shape index (κ3) is 4.06. The predicted molar refractivity (Wildman–Crippen MR) is 77.1 cm³/mol. The van der Waals surface area contributed by atoms with Crippen LogP contribution in [0.25, 0.3) is 0 Å². The van der Waals surface area contributed by atoms with Gasteiger partial charge in [-0.3, -0.25) is 4.79 Å². The van der Waals surface area contributed by atoms with Gasteiger partial charge in [-0.05, 0) is 37.1 Å². The number of rotatable bonds is 4. The number of ether oxygens (including phenoxy) is 1. The summed E-state index contributed by atoms with van der Waals surface area (Å²) in [7, 11) is 1.73. The molecule has 0 radical (unpaired) electrons. The maximum absolute atomic E-state index is 12.4. The molecule has 3 nitrogen and oxygen atoms in total. The summed E-state index contributed by atoms with van der Waals surface area (Å²) in [6.45, 7) is -2.87. The first-order chi connectivity index (χ1) is 9.99. The molecular formula is C15H18ClF2NO2. The molecule has 1 amide bonds. The summed E-state index contributed by atoms with van der Waals surface area (Å²) in [6.07, 6.45) is 3.95. The lowest BCUT2D eigenvalue weighted by Gasteiger charge is -2.35. The lowest BCUT2D eigenvalue weighted by molar-refractivity contribution is -0.0498. The summed E-state index contributed by atoms with van der Waals surface area (Å²) >= 11 is 6.29. The first-order valence-electron chi connectivity index (χ1n) is 6.95. The van der Waals surface area contributed by atoms with Gasteiger partial charge < -0.3 is 9.64 Å². The van der Waals surface area contributed by atoms with Crippen molar-refractivity contribution in [3.63, 3.8) is 0 Å². The van der Waals surface area contributed by atoms with Gasteiger partial charge in [-0.15, -0.1) is 11.6 Å². The van der Waals surface area contributed by atoms with E-state index in [1.807, 2.05) is 0 Å². The van der Waals surface area contributed by atoms with Gasteiger partial charge in [0.15, 0.2) is 0 Å². The Bertz CT molecular complexity index is 481. The van der Waals surface area contributed by atoms with Crippen molar-refractivity contribution in [1.82, 2.24) is 4.90 Å². The molecule has 0 bridgehead atoms. The van der Waals surface area contributed by atoms with Crippen molar-refractivity contribution in [3.05, 3.63) is 29.8 Å². The van der Waals surface area contributed by atoms with Crippen LogP contribution >= 0.6 is 11.6 Å². The van der Waals surface area contributed by atoms with Crippen molar-refractivity contribution >= 4 is 17.5 Å². The highest BCUT2D eigenvalue weighted by atomic mass is 35.5. The van der Waals surface area contributed by atoms with Crippen LogP contribution in [-0.4, -0.2) is 35.9 Å². The van der Waals surface area contributed by atoms with E-state index >= 15 is 0 Å². The first-order valence-corrected chi connectivity index (χ1v) is 7.39. The highest BCUT2D eigenvalue weighted by Crippen LogP contribution is 2.27. The zero-order valence-electron chi connectivity index (χ0n) is 11.8. The van der Waals surface area contributed by atoms with E-state index in [2.05, 4.69) is 4.74 Å². The number of nitrogens with zero attached hydrogens (tertiary/aromatic N) is 1. The van der Waals surface area contributed by atoms with E-state index in [4.69, 9.17) is 11.6 Å². The lowest BCUT2D eigenvalue weighted by atomic mass is 9.93. The van der Waals surface area contributed by atoms with E-state index in [-0.39, 0.29) is 23.1 Å². The van der Waals surface area contributed by atoms with Crippen LogP contribution < -0.4 is 4.74 Å². The number of hydrogen-bond acceptors (Lipinski definition) is 2. The predicted octanol–water partition coefficient (Wildman–Crippen LogP) is 3.91. The van der Waals surface area contributed by atoms with E-state index in [0.717, 1.165) is 25.7 Å².